The van der Waals surface area contributed by atoms with Crippen molar-refractivity contribution in [1.29, 1.82) is 0 Å². The molecule has 4 heteroatoms. The van der Waals surface area contributed by atoms with Crippen LogP contribution in [0.1, 0.15) is 5.56 Å². The summed E-state index contributed by atoms with van der Waals surface area (Å²) in [5.41, 5.74) is 1.79. The zero-order valence-electron chi connectivity index (χ0n) is 8.93. The van der Waals surface area contributed by atoms with Gasteiger partial charge in [-0.25, -0.2) is 4.79 Å². The van der Waals surface area contributed by atoms with Gasteiger partial charge in [0.2, 0.25) is 0 Å². The Labute approximate surface area is 89.1 Å². The maximum absolute atomic E-state index is 11.4. The Morgan fingerprint density at radius 1 is 1.53 bits per heavy atom. The van der Waals surface area contributed by atoms with Crippen LogP contribution in [-0.4, -0.2) is 31.5 Å². The van der Waals surface area contributed by atoms with E-state index in [0.717, 1.165) is 11.3 Å². The second kappa shape index (κ2) is 5.36. The number of amides is 1. The fourth-order valence-corrected chi connectivity index (χ4v) is 1.33. The quantitative estimate of drug-likeness (QED) is 0.821. The summed E-state index contributed by atoms with van der Waals surface area (Å²) in [6.07, 6.45) is -0.463. The molecule has 1 amide bonds. The molecule has 82 valence electrons. The summed E-state index contributed by atoms with van der Waals surface area (Å²) in [6, 6.07) is 7.47. The molecule has 0 radical (unpaired) electrons. The molecule has 0 saturated carbocycles. The lowest BCUT2D eigenvalue weighted by atomic mass is 10.2. The van der Waals surface area contributed by atoms with Crippen LogP contribution in [-0.2, 0) is 4.74 Å². The van der Waals surface area contributed by atoms with Crippen molar-refractivity contribution in [1.82, 2.24) is 0 Å². The van der Waals surface area contributed by atoms with E-state index >= 15 is 0 Å². The minimum atomic E-state index is -0.463. The number of anilines is 1. The fourth-order valence-electron chi connectivity index (χ4n) is 1.33. The molecule has 4 nitrogen and oxygen atoms in total. The van der Waals surface area contributed by atoms with Gasteiger partial charge in [0, 0.05) is 5.69 Å². The summed E-state index contributed by atoms with van der Waals surface area (Å²) in [5.74, 6) is 0. The van der Waals surface area contributed by atoms with Crippen LogP contribution in [0.2, 0.25) is 0 Å². The van der Waals surface area contributed by atoms with Crippen LogP contribution in [0.25, 0.3) is 0 Å². The average Bonchev–Trinajstić information content (AvgIpc) is 2.25. The number of rotatable bonds is 3. The summed E-state index contributed by atoms with van der Waals surface area (Å²) in [5, 5.41) is 8.86. The molecule has 0 heterocycles. The van der Waals surface area contributed by atoms with Crippen LogP contribution >= 0.6 is 0 Å². The Hall–Kier alpha value is -1.55. The first-order valence-electron chi connectivity index (χ1n) is 4.72. The van der Waals surface area contributed by atoms with Crippen molar-refractivity contribution in [3.63, 3.8) is 0 Å². The number of carbonyl (C=O) groups excluding carboxylic acids is 1. The van der Waals surface area contributed by atoms with Crippen LogP contribution in [0.15, 0.2) is 24.3 Å². The number of aliphatic hydroxyl groups excluding tert-OH is 1. The van der Waals surface area contributed by atoms with E-state index in [4.69, 9.17) is 5.11 Å². The van der Waals surface area contributed by atoms with E-state index < -0.39 is 6.09 Å². The average molecular weight is 209 g/mol. The molecule has 0 atom stereocenters. The van der Waals surface area contributed by atoms with Gasteiger partial charge < -0.3 is 9.84 Å². The van der Waals surface area contributed by atoms with Gasteiger partial charge >= 0.3 is 6.09 Å². The Morgan fingerprint density at radius 2 is 2.27 bits per heavy atom. The number of methoxy groups -OCH3 is 1. The van der Waals surface area contributed by atoms with Gasteiger partial charge in [0.05, 0.1) is 20.3 Å². The summed E-state index contributed by atoms with van der Waals surface area (Å²) >= 11 is 0. The fraction of sp³-hybridized carbons (Fsp3) is 0.364. The maximum Gasteiger partial charge on any atom is 0.414 e. The lowest BCUT2D eigenvalue weighted by Crippen LogP contribution is -2.33. The zero-order chi connectivity index (χ0) is 11.3. The molecule has 0 aliphatic rings. The molecule has 15 heavy (non-hydrogen) atoms. The molecule has 0 spiro atoms. The first-order chi connectivity index (χ1) is 7.19. The van der Waals surface area contributed by atoms with Gasteiger partial charge in [-0.3, -0.25) is 4.90 Å². The van der Waals surface area contributed by atoms with E-state index in [9.17, 15) is 4.79 Å². The summed E-state index contributed by atoms with van der Waals surface area (Å²) in [4.78, 5) is 12.8. The van der Waals surface area contributed by atoms with Gasteiger partial charge in [0.25, 0.3) is 0 Å². The Balaban J connectivity index is 2.93. The first kappa shape index (κ1) is 11.5. The molecule has 1 aromatic rings. The minimum absolute atomic E-state index is 0.0942. The number of carbonyl (C=O) groups is 1. The van der Waals surface area contributed by atoms with Crippen LogP contribution in [0.3, 0.4) is 0 Å². The van der Waals surface area contributed by atoms with E-state index in [2.05, 4.69) is 4.74 Å². The highest BCUT2D eigenvalue weighted by atomic mass is 16.5. The molecule has 0 saturated heterocycles. The molecule has 0 bridgehead atoms. The summed E-state index contributed by atoms with van der Waals surface area (Å²) < 4.78 is 4.64. The standard InChI is InChI=1S/C11H15NO3/c1-9-4-3-5-10(8-9)12(6-7-13)11(14)15-2/h3-5,8,13H,6-7H2,1-2H3. The van der Waals surface area contributed by atoms with Crippen molar-refractivity contribution < 1.29 is 14.6 Å². The predicted octanol–water partition coefficient (Wildman–Crippen LogP) is 1.56. The number of aliphatic hydroxyl groups is 1. The Bertz CT molecular complexity index is 338. The van der Waals surface area contributed by atoms with Crippen molar-refractivity contribution in [3.8, 4) is 0 Å². The minimum Gasteiger partial charge on any atom is -0.452 e. The molecule has 1 aromatic carbocycles. The number of benzene rings is 1. The van der Waals surface area contributed by atoms with E-state index in [1.807, 2.05) is 25.1 Å². The number of hydrogen-bond donors (Lipinski definition) is 1. The third kappa shape index (κ3) is 2.95. The van der Waals surface area contributed by atoms with Crippen LogP contribution in [0.5, 0.6) is 0 Å². The van der Waals surface area contributed by atoms with Crippen molar-refractivity contribution in [3.05, 3.63) is 29.8 Å². The topological polar surface area (TPSA) is 49.8 Å². The largest absolute Gasteiger partial charge is 0.452 e. The molecule has 0 aliphatic heterocycles. The molecule has 0 unspecified atom stereocenters. The van der Waals surface area contributed by atoms with Crippen molar-refractivity contribution in [2.75, 3.05) is 25.2 Å². The number of nitrogens with zero attached hydrogens (tertiary/aromatic N) is 1. The highest BCUT2D eigenvalue weighted by molar-refractivity contribution is 5.87. The summed E-state index contributed by atoms with van der Waals surface area (Å²) in [7, 11) is 1.32. The molecule has 0 aromatic heterocycles. The van der Waals surface area contributed by atoms with Gasteiger partial charge in [0.15, 0.2) is 0 Å². The van der Waals surface area contributed by atoms with Gasteiger partial charge in [-0.1, -0.05) is 12.1 Å². The molecule has 1 rings (SSSR count). The number of hydrogen-bond acceptors (Lipinski definition) is 3. The first-order valence-corrected chi connectivity index (χ1v) is 4.72. The van der Waals surface area contributed by atoms with Gasteiger partial charge in [-0.15, -0.1) is 0 Å². The number of aryl methyl sites for hydroxylation is 1. The molecule has 0 fully saturated rings. The normalized spacial score (nSPS) is 9.80. The lowest BCUT2D eigenvalue weighted by Gasteiger charge is -2.20. The van der Waals surface area contributed by atoms with Gasteiger partial charge in [-0.2, -0.15) is 0 Å². The Morgan fingerprint density at radius 3 is 2.80 bits per heavy atom. The van der Waals surface area contributed by atoms with Crippen molar-refractivity contribution in [2.45, 2.75) is 6.92 Å². The molecule has 0 aliphatic carbocycles. The van der Waals surface area contributed by atoms with Crippen LogP contribution in [0.4, 0.5) is 10.5 Å². The lowest BCUT2D eigenvalue weighted by molar-refractivity contribution is 0.176. The van der Waals surface area contributed by atoms with Crippen LogP contribution in [0, 0.1) is 6.92 Å². The third-order valence-corrected chi connectivity index (χ3v) is 2.03. The van der Waals surface area contributed by atoms with Crippen molar-refractivity contribution >= 4 is 11.8 Å². The smallest absolute Gasteiger partial charge is 0.414 e. The monoisotopic (exact) mass is 209 g/mol. The van der Waals surface area contributed by atoms with Gasteiger partial charge in [-0.05, 0) is 24.6 Å². The SMILES string of the molecule is COC(=O)N(CCO)c1cccc(C)c1. The van der Waals surface area contributed by atoms with Crippen molar-refractivity contribution in [2.24, 2.45) is 0 Å². The highest BCUT2D eigenvalue weighted by Crippen LogP contribution is 2.16. The molecule has 1 N–H and O–H groups in total. The van der Waals surface area contributed by atoms with E-state index in [1.54, 1.807) is 6.07 Å². The predicted molar refractivity (Wildman–Crippen MR) is 58.0 cm³/mol. The molecular formula is C11H15NO3. The zero-order valence-corrected chi connectivity index (χ0v) is 8.93. The maximum atomic E-state index is 11.4. The van der Waals surface area contributed by atoms with E-state index in [1.165, 1.54) is 12.0 Å². The highest BCUT2D eigenvalue weighted by Gasteiger charge is 2.14. The summed E-state index contributed by atoms with van der Waals surface area (Å²) in [6.45, 7) is 2.08. The van der Waals surface area contributed by atoms with Gasteiger partial charge in [0.1, 0.15) is 0 Å². The third-order valence-electron chi connectivity index (χ3n) is 2.03. The van der Waals surface area contributed by atoms with E-state index in [0.29, 0.717) is 0 Å². The van der Waals surface area contributed by atoms with E-state index in [-0.39, 0.29) is 13.2 Å². The second-order valence-corrected chi connectivity index (χ2v) is 3.18. The molecular weight excluding hydrogens is 194 g/mol. The van der Waals surface area contributed by atoms with Crippen LogP contribution < -0.4 is 4.90 Å². The Kier molecular flexibility index (Phi) is 4.12. The second-order valence-electron chi connectivity index (χ2n) is 3.18. The number of ether oxygens (including phenoxy) is 1.